The SMILES string of the molecule is COc1ccc(N)cc1SC(C)(C)c1ccccc1. The van der Waals surface area contributed by atoms with Crippen molar-refractivity contribution in [2.45, 2.75) is 23.5 Å². The normalized spacial score (nSPS) is 11.3. The van der Waals surface area contributed by atoms with Crippen LogP contribution in [0.4, 0.5) is 5.69 Å². The van der Waals surface area contributed by atoms with E-state index < -0.39 is 0 Å². The van der Waals surface area contributed by atoms with E-state index in [4.69, 9.17) is 10.5 Å². The molecule has 0 amide bonds. The van der Waals surface area contributed by atoms with Gasteiger partial charge in [-0.15, -0.1) is 11.8 Å². The average molecular weight is 273 g/mol. The summed E-state index contributed by atoms with van der Waals surface area (Å²) in [6.07, 6.45) is 0. The lowest BCUT2D eigenvalue weighted by Gasteiger charge is -2.25. The molecule has 0 radical (unpaired) electrons. The van der Waals surface area contributed by atoms with Crippen LogP contribution in [0.15, 0.2) is 53.4 Å². The van der Waals surface area contributed by atoms with Gasteiger partial charge in [-0.25, -0.2) is 0 Å². The Kier molecular flexibility index (Phi) is 4.05. The van der Waals surface area contributed by atoms with E-state index in [9.17, 15) is 0 Å². The Labute approximate surface area is 119 Å². The highest BCUT2D eigenvalue weighted by Gasteiger charge is 2.23. The molecule has 0 heterocycles. The van der Waals surface area contributed by atoms with E-state index in [1.807, 2.05) is 24.3 Å². The third-order valence-corrected chi connectivity index (χ3v) is 4.31. The summed E-state index contributed by atoms with van der Waals surface area (Å²) >= 11 is 1.76. The number of ether oxygens (including phenoxy) is 1. The molecule has 0 fully saturated rings. The number of methoxy groups -OCH3 is 1. The molecule has 0 aromatic heterocycles. The number of hydrogen-bond donors (Lipinski definition) is 1. The van der Waals surface area contributed by atoms with Crippen molar-refractivity contribution in [3.05, 3.63) is 54.1 Å². The maximum absolute atomic E-state index is 5.87. The smallest absolute Gasteiger partial charge is 0.132 e. The number of nitrogens with two attached hydrogens (primary N) is 1. The van der Waals surface area contributed by atoms with Crippen LogP contribution in [-0.2, 0) is 4.75 Å². The van der Waals surface area contributed by atoms with E-state index in [1.165, 1.54) is 5.56 Å². The molecule has 3 heteroatoms. The van der Waals surface area contributed by atoms with Crippen molar-refractivity contribution >= 4 is 17.4 Å². The third kappa shape index (κ3) is 3.24. The van der Waals surface area contributed by atoms with Crippen molar-refractivity contribution in [2.75, 3.05) is 12.8 Å². The highest BCUT2D eigenvalue weighted by atomic mass is 32.2. The molecule has 0 saturated carbocycles. The predicted octanol–water partition coefficient (Wildman–Crippen LogP) is 4.30. The molecule has 100 valence electrons. The van der Waals surface area contributed by atoms with E-state index in [2.05, 4.69) is 38.1 Å². The van der Waals surface area contributed by atoms with E-state index in [-0.39, 0.29) is 4.75 Å². The summed E-state index contributed by atoms with van der Waals surface area (Å²) in [6.45, 7) is 4.41. The predicted molar refractivity (Wildman–Crippen MR) is 82.7 cm³/mol. The van der Waals surface area contributed by atoms with Crippen LogP contribution in [0.5, 0.6) is 5.75 Å². The van der Waals surface area contributed by atoms with E-state index >= 15 is 0 Å². The van der Waals surface area contributed by atoms with Crippen LogP contribution < -0.4 is 10.5 Å². The second-order valence-corrected chi connectivity index (χ2v) is 6.55. The van der Waals surface area contributed by atoms with Gasteiger partial charge < -0.3 is 10.5 Å². The molecule has 2 N–H and O–H groups in total. The Morgan fingerprint density at radius 1 is 1.05 bits per heavy atom. The summed E-state index contributed by atoms with van der Waals surface area (Å²) in [7, 11) is 1.69. The Morgan fingerprint density at radius 2 is 1.74 bits per heavy atom. The van der Waals surface area contributed by atoms with Crippen LogP contribution >= 0.6 is 11.8 Å². The summed E-state index contributed by atoms with van der Waals surface area (Å²) in [5.41, 5.74) is 7.91. The molecule has 0 saturated heterocycles. The monoisotopic (exact) mass is 273 g/mol. The van der Waals surface area contributed by atoms with Crippen LogP contribution in [0.2, 0.25) is 0 Å². The molecule has 19 heavy (non-hydrogen) atoms. The highest BCUT2D eigenvalue weighted by Crippen LogP contribution is 2.44. The molecule has 0 aliphatic heterocycles. The van der Waals surface area contributed by atoms with Crippen LogP contribution in [-0.4, -0.2) is 7.11 Å². The average Bonchev–Trinajstić information content (AvgIpc) is 2.39. The zero-order chi connectivity index (χ0) is 13.9. The number of hydrogen-bond acceptors (Lipinski definition) is 3. The lowest BCUT2D eigenvalue weighted by atomic mass is 10.0. The summed E-state index contributed by atoms with van der Waals surface area (Å²) < 4.78 is 5.37. The quantitative estimate of drug-likeness (QED) is 0.666. The van der Waals surface area contributed by atoms with Gasteiger partial charge >= 0.3 is 0 Å². The standard InChI is InChI=1S/C16H19NOS/c1-16(2,12-7-5-4-6-8-12)19-15-11-13(17)9-10-14(15)18-3/h4-11H,17H2,1-3H3. The number of thioether (sulfide) groups is 1. The lowest BCUT2D eigenvalue weighted by Crippen LogP contribution is -2.11. The first kappa shape index (κ1) is 13.8. The minimum Gasteiger partial charge on any atom is -0.496 e. The first-order valence-corrected chi connectivity index (χ1v) is 7.02. The molecule has 2 aromatic rings. The molecule has 0 aliphatic carbocycles. The number of rotatable bonds is 4. The van der Waals surface area contributed by atoms with Gasteiger partial charge in [0.15, 0.2) is 0 Å². The summed E-state index contributed by atoms with van der Waals surface area (Å²) in [4.78, 5) is 1.07. The Balaban J connectivity index is 2.32. The Bertz CT molecular complexity index is 552. The van der Waals surface area contributed by atoms with Gasteiger partial charge in [0.2, 0.25) is 0 Å². The fourth-order valence-electron chi connectivity index (χ4n) is 1.95. The molecule has 0 aliphatic rings. The maximum Gasteiger partial charge on any atom is 0.132 e. The Hall–Kier alpha value is -1.61. The van der Waals surface area contributed by atoms with Gasteiger partial charge in [-0.2, -0.15) is 0 Å². The molecule has 0 unspecified atom stereocenters. The molecular weight excluding hydrogens is 254 g/mol. The van der Waals surface area contributed by atoms with Crippen LogP contribution in [0, 0.1) is 0 Å². The first-order valence-electron chi connectivity index (χ1n) is 6.21. The van der Waals surface area contributed by atoms with Crippen LogP contribution in [0.25, 0.3) is 0 Å². The van der Waals surface area contributed by atoms with Gasteiger partial charge in [0, 0.05) is 10.4 Å². The van der Waals surface area contributed by atoms with Crippen LogP contribution in [0.3, 0.4) is 0 Å². The molecule has 0 atom stereocenters. The zero-order valence-corrected chi connectivity index (χ0v) is 12.3. The summed E-state index contributed by atoms with van der Waals surface area (Å²) in [5, 5.41) is 0. The van der Waals surface area contributed by atoms with Gasteiger partial charge in [0.25, 0.3) is 0 Å². The van der Waals surface area contributed by atoms with Crippen LogP contribution in [0.1, 0.15) is 19.4 Å². The maximum atomic E-state index is 5.87. The van der Waals surface area contributed by atoms with Gasteiger partial charge in [-0.3, -0.25) is 0 Å². The molecule has 0 spiro atoms. The first-order chi connectivity index (χ1) is 9.03. The van der Waals surface area contributed by atoms with Gasteiger partial charge in [-0.05, 0) is 37.6 Å². The lowest BCUT2D eigenvalue weighted by molar-refractivity contribution is 0.404. The summed E-state index contributed by atoms with van der Waals surface area (Å²) in [5.74, 6) is 0.864. The zero-order valence-electron chi connectivity index (χ0n) is 11.5. The van der Waals surface area contributed by atoms with Crippen molar-refractivity contribution in [2.24, 2.45) is 0 Å². The molecule has 2 aromatic carbocycles. The fourth-order valence-corrected chi connectivity index (χ4v) is 3.20. The number of benzene rings is 2. The minimum atomic E-state index is -0.0394. The van der Waals surface area contributed by atoms with Crippen molar-refractivity contribution in [1.29, 1.82) is 0 Å². The topological polar surface area (TPSA) is 35.2 Å². The van der Waals surface area contributed by atoms with Crippen molar-refractivity contribution < 1.29 is 4.74 Å². The van der Waals surface area contributed by atoms with E-state index in [0.29, 0.717) is 0 Å². The largest absolute Gasteiger partial charge is 0.496 e. The molecule has 2 nitrogen and oxygen atoms in total. The second kappa shape index (κ2) is 5.57. The van der Waals surface area contributed by atoms with Gasteiger partial charge in [0.1, 0.15) is 5.75 Å². The second-order valence-electron chi connectivity index (χ2n) is 4.89. The van der Waals surface area contributed by atoms with Crippen molar-refractivity contribution in [1.82, 2.24) is 0 Å². The highest BCUT2D eigenvalue weighted by molar-refractivity contribution is 8.00. The Morgan fingerprint density at radius 3 is 2.37 bits per heavy atom. The minimum absolute atomic E-state index is 0.0394. The van der Waals surface area contributed by atoms with Crippen molar-refractivity contribution in [3.8, 4) is 5.75 Å². The molecular formula is C16H19NOS. The molecule has 2 rings (SSSR count). The molecule has 0 bridgehead atoms. The van der Waals surface area contributed by atoms with Crippen molar-refractivity contribution in [3.63, 3.8) is 0 Å². The van der Waals surface area contributed by atoms with E-state index in [1.54, 1.807) is 18.9 Å². The fraction of sp³-hybridized carbons (Fsp3) is 0.250. The number of anilines is 1. The third-order valence-electron chi connectivity index (χ3n) is 3.02. The summed E-state index contributed by atoms with van der Waals surface area (Å²) in [6, 6.07) is 16.2. The van der Waals surface area contributed by atoms with Gasteiger partial charge in [0.05, 0.1) is 12.0 Å². The number of nitrogen functional groups attached to an aromatic ring is 1. The van der Waals surface area contributed by atoms with Gasteiger partial charge in [-0.1, -0.05) is 30.3 Å². The van der Waals surface area contributed by atoms with E-state index in [0.717, 1.165) is 16.3 Å².